The van der Waals surface area contributed by atoms with Crippen LogP contribution in [0.5, 0.6) is 0 Å². The van der Waals surface area contributed by atoms with E-state index in [9.17, 15) is 13.2 Å². The smallest absolute Gasteiger partial charge is 0.271 e. The second-order valence-corrected chi connectivity index (χ2v) is 6.70. The van der Waals surface area contributed by atoms with Crippen LogP contribution in [-0.4, -0.2) is 16.2 Å². The maximum absolute atomic E-state index is 14.8. The molecule has 0 atom stereocenters. The highest BCUT2D eigenvalue weighted by Gasteiger charge is 2.52. The van der Waals surface area contributed by atoms with Crippen molar-refractivity contribution in [3.05, 3.63) is 77.2 Å². The molecule has 0 saturated heterocycles. The molecule has 0 spiro atoms. The van der Waals surface area contributed by atoms with Gasteiger partial charge in [0, 0.05) is 28.3 Å². The first-order chi connectivity index (χ1) is 11.8. The third kappa shape index (κ3) is 2.34. The van der Waals surface area contributed by atoms with E-state index < -0.39 is 17.3 Å². The number of rotatable bonds is 1. The first kappa shape index (κ1) is 15.8. The summed E-state index contributed by atoms with van der Waals surface area (Å²) in [5, 5.41) is 0.890. The average molecular weight is 340 g/mol. The maximum Gasteiger partial charge on any atom is 0.298 e. The minimum Gasteiger partial charge on any atom is -0.271 e. The molecular weight excluding hydrogens is 325 g/mol. The second-order valence-electron chi connectivity index (χ2n) is 6.70. The van der Waals surface area contributed by atoms with E-state index in [1.54, 1.807) is 6.20 Å². The van der Waals surface area contributed by atoms with Crippen molar-refractivity contribution in [2.75, 3.05) is 0 Å². The molecule has 0 bridgehead atoms. The van der Waals surface area contributed by atoms with Gasteiger partial charge >= 0.3 is 0 Å². The Hall–Kier alpha value is -2.69. The number of hydrogen-bond acceptors (Lipinski definition) is 2. The molecule has 1 aromatic heterocycles. The van der Waals surface area contributed by atoms with Crippen molar-refractivity contribution in [3.8, 4) is 0 Å². The van der Waals surface area contributed by atoms with Crippen molar-refractivity contribution < 1.29 is 13.2 Å². The lowest BCUT2D eigenvalue weighted by Crippen LogP contribution is -2.44. The summed E-state index contributed by atoms with van der Waals surface area (Å²) >= 11 is 0. The lowest BCUT2D eigenvalue weighted by molar-refractivity contribution is -0.0684. The molecule has 25 heavy (non-hydrogen) atoms. The average Bonchev–Trinajstić information content (AvgIpc) is 2.58. The Balaban J connectivity index is 1.98. The highest BCUT2D eigenvalue weighted by Crippen LogP contribution is 2.47. The van der Waals surface area contributed by atoms with Gasteiger partial charge in [-0.25, -0.2) is 4.39 Å². The van der Waals surface area contributed by atoms with E-state index in [0.29, 0.717) is 11.3 Å². The first-order valence-electron chi connectivity index (χ1n) is 7.93. The zero-order chi connectivity index (χ0) is 17.8. The molecule has 2 heterocycles. The SMILES string of the molecule is CC1(C)N=C(c2cnc3ccccc3c2)c2ccc(F)cc2C1(F)F. The third-order valence-electron chi connectivity index (χ3n) is 4.60. The van der Waals surface area contributed by atoms with Crippen LogP contribution in [0, 0.1) is 5.82 Å². The number of aromatic nitrogens is 1. The topological polar surface area (TPSA) is 25.2 Å². The Morgan fingerprint density at radius 3 is 2.52 bits per heavy atom. The van der Waals surface area contributed by atoms with E-state index in [0.717, 1.165) is 17.0 Å². The Labute approximate surface area is 143 Å². The van der Waals surface area contributed by atoms with Crippen LogP contribution in [-0.2, 0) is 5.92 Å². The summed E-state index contributed by atoms with van der Waals surface area (Å²) in [6.07, 6.45) is 1.62. The van der Waals surface area contributed by atoms with Gasteiger partial charge < -0.3 is 0 Å². The number of benzene rings is 2. The van der Waals surface area contributed by atoms with Crippen molar-refractivity contribution >= 4 is 16.6 Å². The fraction of sp³-hybridized carbons (Fsp3) is 0.200. The predicted octanol–water partition coefficient (Wildman–Crippen LogP) is 5.10. The molecule has 2 aromatic carbocycles. The standard InChI is InChI=1S/C20H15F3N2/c1-19(2)20(22,23)16-10-14(21)7-8-15(16)18(25-19)13-9-12-5-3-4-6-17(12)24-11-13/h3-11H,1-2H3. The Morgan fingerprint density at radius 2 is 1.72 bits per heavy atom. The van der Waals surface area contributed by atoms with Gasteiger partial charge in [-0.1, -0.05) is 18.2 Å². The second kappa shape index (κ2) is 5.15. The molecule has 5 heteroatoms. The van der Waals surface area contributed by atoms with Gasteiger partial charge in [-0.3, -0.25) is 9.98 Å². The molecule has 0 aliphatic carbocycles. The summed E-state index contributed by atoms with van der Waals surface area (Å²) in [4.78, 5) is 8.71. The number of para-hydroxylation sites is 1. The monoisotopic (exact) mass is 340 g/mol. The summed E-state index contributed by atoms with van der Waals surface area (Å²) in [6, 6.07) is 12.9. The van der Waals surface area contributed by atoms with E-state index in [2.05, 4.69) is 9.98 Å². The van der Waals surface area contributed by atoms with Gasteiger partial charge in [0.05, 0.1) is 11.2 Å². The molecule has 0 saturated carbocycles. The minimum absolute atomic E-state index is 0.239. The number of fused-ring (bicyclic) bond motifs is 2. The molecule has 0 amide bonds. The van der Waals surface area contributed by atoms with E-state index in [1.165, 1.54) is 26.0 Å². The summed E-state index contributed by atoms with van der Waals surface area (Å²) in [6.45, 7) is 2.71. The molecule has 3 aromatic rings. The van der Waals surface area contributed by atoms with Gasteiger partial charge in [0.1, 0.15) is 11.4 Å². The van der Waals surface area contributed by atoms with Crippen LogP contribution >= 0.6 is 0 Å². The first-order valence-corrected chi connectivity index (χ1v) is 7.93. The van der Waals surface area contributed by atoms with Crippen LogP contribution in [0.1, 0.15) is 30.5 Å². The van der Waals surface area contributed by atoms with Gasteiger partial charge in [0.2, 0.25) is 0 Å². The molecule has 1 aliphatic rings. The lowest BCUT2D eigenvalue weighted by atomic mass is 9.81. The van der Waals surface area contributed by atoms with Crippen LogP contribution in [0.3, 0.4) is 0 Å². The molecule has 0 N–H and O–H groups in total. The zero-order valence-electron chi connectivity index (χ0n) is 13.7. The Kier molecular flexibility index (Phi) is 3.26. The highest BCUT2D eigenvalue weighted by atomic mass is 19.3. The van der Waals surface area contributed by atoms with Crippen LogP contribution in [0.4, 0.5) is 13.2 Å². The van der Waals surface area contributed by atoms with Crippen molar-refractivity contribution in [2.24, 2.45) is 4.99 Å². The van der Waals surface area contributed by atoms with E-state index >= 15 is 0 Å². The van der Waals surface area contributed by atoms with Gasteiger partial charge in [0.15, 0.2) is 0 Å². The van der Waals surface area contributed by atoms with E-state index in [-0.39, 0.29) is 11.1 Å². The summed E-state index contributed by atoms with van der Waals surface area (Å²) in [5.41, 5.74) is 0.0683. The molecule has 4 rings (SSSR count). The molecule has 1 aliphatic heterocycles. The summed E-state index contributed by atoms with van der Waals surface area (Å²) < 4.78 is 43.3. The molecule has 2 nitrogen and oxygen atoms in total. The zero-order valence-corrected chi connectivity index (χ0v) is 13.7. The fourth-order valence-corrected chi connectivity index (χ4v) is 3.14. The molecule has 0 fully saturated rings. The van der Waals surface area contributed by atoms with Crippen LogP contribution < -0.4 is 0 Å². The number of hydrogen-bond donors (Lipinski definition) is 0. The van der Waals surface area contributed by atoms with Gasteiger partial charge in [-0.05, 0) is 44.2 Å². The van der Waals surface area contributed by atoms with Crippen molar-refractivity contribution in [1.29, 1.82) is 0 Å². The molecule has 0 radical (unpaired) electrons. The Morgan fingerprint density at radius 1 is 0.960 bits per heavy atom. The van der Waals surface area contributed by atoms with Crippen molar-refractivity contribution in [2.45, 2.75) is 25.3 Å². The molecule has 0 unspecified atom stereocenters. The highest BCUT2D eigenvalue weighted by molar-refractivity contribution is 6.15. The molecular formula is C20H15F3N2. The minimum atomic E-state index is -3.27. The number of alkyl halides is 2. The predicted molar refractivity (Wildman–Crippen MR) is 91.8 cm³/mol. The van der Waals surface area contributed by atoms with Crippen LogP contribution in [0.2, 0.25) is 0 Å². The fourth-order valence-electron chi connectivity index (χ4n) is 3.14. The Bertz CT molecular complexity index is 1020. The van der Waals surface area contributed by atoms with E-state index in [1.807, 2.05) is 30.3 Å². The van der Waals surface area contributed by atoms with Gasteiger partial charge in [-0.2, -0.15) is 8.78 Å². The maximum atomic E-state index is 14.8. The van der Waals surface area contributed by atoms with E-state index in [4.69, 9.17) is 0 Å². The number of halogens is 3. The van der Waals surface area contributed by atoms with Crippen LogP contribution in [0.15, 0.2) is 59.7 Å². The summed E-state index contributed by atoms with van der Waals surface area (Å²) in [7, 11) is 0. The molecule has 126 valence electrons. The summed E-state index contributed by atoms with van der Waals surface area (Å²) in [5.74, 6) is -3.95. The van der Waals surface area contributed by atoms with Gasteiger partial charge in [-0.15, -0.1) is 0 Å². The normalized spacial score (nSPS) is 17.9. The van der Waals surface area contributed by atoms with Crippen molar-refractivity contribution in [1.82, 2.24) is 4.98 Å². The van der Waals surface area contributed by atoms with Crippen LogP contribution in [0.25, 0.3) is 10.9 Å². The third-order valence-corrected chi connectivity index (χ3v) is 4.60. The lowest BCUT2D eigenvalue weighted by Gasteiger charge is -2.37. The number of nitrogens with zero attached hydrogens (tertiary/aromatic N) is 2. The van der Waals surface area contributed by atoms with Crippen molar-refractivity contribution in [3.63, 3.8) is 0 Å². The number of pyridine rings is 1. The van der Waals surface area contributed by atoms with Gasteiger partial charge in [0.25, 0.3) is 5.92 Å². The number of aliphatic imine (C=N–C) groups is 1. The largest absolute Gasteiger partial charge is 0.298 e. The quantitative estimate of drug-likeness (QED) is 0.605.